The van der Waals surface area contributed by atoms with Crippen molar-refractivity contribution in [1.29, 1.82) is 0 Å². The molecule has 0 aliphatic carbocycles. The van der Waals surface area contributed by atoms with Gasteiger partial charge in [-0.1, -0.05) is 18.2 Å². The van der Waals surface area contributed by atoms with Gasteiger partial charge >= 0.3 is 0 Å². The molecular weight excluding hydrogens is 396 g/mol. The molecule has 3 N–H and O–H groups in total. The number of aromatic amines is 1. The smallest absolute Gasteiger partial charge is 0.290 e. The van der Waals surface area contributed by atoms with Crippen molar-refractivity contribution in [2.24, 2.45) is 0 Å². The molecular formula is C23H22N4O4. The van der Waals surface area contributed by atoms with Crippen molar-refractivity contribution < 1.29 is 19.4 Å². The number of nitrogens with zero attached hydrogens (tertiary/aromatic N) is 3. The molecule has 4 heterocycles. The number of H-pyrrole nitrogens is 1. The summed E-state index contributed by atoms with van der Waals surface area (Å²) in [4.78, 5) is 22.0. The third-order valence-electron chi connectivity index (χ3n) is 5.67. The van der Waals surface area contributed by atoms with E-state index in [1.54, 1.807) is 35.8 Å². The molecule has 0 spiro atoms. The molecule has 1 amide bonds. The van der Waals surface area contributed by atoms with Crippen LogP contribution in [0, 0.1) is 0 Å². The lowest BCUT2D eigenvalue weighted by atomic mass is 9.97. The second-order valence-electron chi connectivity index (χ2n) is 7.53. The van der Waals surface area contributed by atoms with Crippen molar-refractivity contribution in [2.45, 2.75) is 25.6 Å². The minimum absolute atomic E-state index is 0.237. The number of nitrogens with one attached hydrogen (secondary N) is 1. The van der Waals surface area contributed by atoms with Crippen LogP contribution in [0.3, 0.4) is 0 Å². The summed E-state index contributed by atoms with van der Waals surface area (Å²) in [6.07, 6.45) is 7.81. The van der Waals surface area contributed by atoms with Crippen molar-refractivity contribution in [3.63, 3.8) is 0 Å². The van der Waals surface area contributed by atoms with Gasteiger partial charge in [-0.05, 0) is 24.6 Å². The summed E-state index contributed by atoms with van der Waals surface area (Å²) in [5.41, 5.74) is 2.17. The predicted molar refractivity (Wildman–Crippen MR) is 114 cm³/mol. The number of benzene rings is 1. The fraction of sp³-hybridized carbons (Fsp3) is 0.217. The van der Waals surface area contributed by atoms with Crippen LogP contribution in [0.25, 0.3) is 16.5 Å². The van der Waals surface area contributed by atoms with E-state index in [2.05, 4.69) is 9.97 Å². The quantitative estimate of drug-likeness (QED) is 0.426. The number of hydrogen-bond acceptors (Lipinski definition) is 5. The lowest BCUT2D eigenvalue weighted by molar-refractivity contribution is -0.129. The maximum absolute atomic E-state index is 13.1. The van der Waals surface area contributed by atoms with Crippen molar-refractivity contribution in [3.05, 3.63) is 84.2 Å². The Bertz CT molecular complexity index is 1250. The SMILES string of the molecule is O=C1C(O)=C(c2c[nH]c3ccccc23)C(c2ccc(CO)o2)N1CCCn1ccnc1. The number of amides is 1. The van der Waals surface area contributed by atoms with Gasteiger partial charge in [0.2, 0.25) is 0 Å². The summed E-state index contributed by atoms with van der Waals surface area (Å²) in [5, 5.41) is 21.3. The van der Waals surface area contributed by atoms with Crippen LogP contribution in [0.15, 0.2) is 71.5 Å². The molecule has 1 aliphatic heterocycles. The van der Waals surface area contributed by atoms with Crippen LogP contribution in [0.5, 0.6) is 0 Å². The minimum Gasteiger partial charge on any atom is -0.503 e. The van der Waals surface area contributed by atoms with Crippen LogP contribution in [0.2, 0.25) is 0 Å². The van der Waals surface area contributed by atoms with Gasteiger partial charge in [0, 0.05) is 53.7 Å². The van der Waals surface area contributed by atoms with Gasteiger partial charge in [0.15, 0.2) is 5.76 Å². The third-order valence-corrected chi connectivity index (χ3v) is 5.67. The van der Waals surface area contributed by atoms with Crippen LogP contribution >= 0.6 is 0 Å². The second-order valence-corrected chi connectivity index (χ2v) is 7.53. The predicted octanol–water partition coefficient (Wildman–Crippen LogP) is 3.39. The topological polar surface area (TPSA) is 108 Å². The van der Waals surface area contributed by atoms with E-state index in [0.717, 1.165) is 16.5 Å². The van der Waals surface area contributed by atoms with Crippen molar-refractivity contribution in [2.75, 3.05) is 6.54 Å². The maximum atomic E-state index is 13.1. The monoisotopic (exact) mass is 418 g/mol. The molecule has 0 fully saturated rings. The summed E-state index contributed by atoms with van der Waals surface area (Å²) in [7, 11) is 0. The standard InChI is InChI=1S/C23H22N4O4/c28-13-15-6-7-19(31-15)21-20(17-12-25-18-5-2-1-4-16(17)18)22(29)23(30)27(21)10-3-9-26-11-8-24-14-26/h1-2,4-8,11-12,14,21,25,28-29H,3,9-10,13H2. The Labute approximate surface area is 178 Å². The highest BCUT2D eigenvalue weighted by Crippen LogP contribution is 2.45. The Kier molecular flexibility index (Phi) is 4.83. The number of aryl methyl sites for hydroxylation is 1. The van der Waals surface area contributed by atoms with Gasteiger partial charge in [-0.25, -0.2) is 4.98 Å². The van der Waals surface area contributed by atoms with Gasteiger partial charge in [0.25, 0.3) is 5.91 Å². The average Bonchev–Trinajstić information content (AvgIpc) is 3.57. The number of aliphatic hydroxyl groups excluding tert-OH is 2. The number of hydrogen-bond donors (Lipinski definition) is 3. The molecule has 0 saturated heterocycles. The molecule has 158 valence electrons. The summed E-state index contributed by atoms with van der Waals surface area (Å²) in [6.45, 7) is 0.881. The van der Waals surface area contributed by atoms with Gasteiger partial charge in [-0.2, -0.15) is 0 Å². The number of aliphatic hydroxyl groups is 2. The van der Waals surface area contributed by atoms with E-state index >= 15 is 0 Å². The molecule has 8 heteroatoms. The first-order valence-corrected chi connectivity index (χ1v) is 10.1. The first-order chi connectivity index (χ1) is 15.2. The van der Waals surface area contributed by atoms with Gasteiger partial charge in [-0.15, -0.1) is 0 Å². The minimum atomic E-state index is -0.588. The van der Waals surface area contributed by atoms with E-state index < -0.39 is 11.9 Å². The molecule has 4 aromatic rings. The van der Waals surface area contributed by atoms with Crippen LogP contribution in [-0.2, 0) is 17.9 Å². The van der Waals surface area contributed by atoms with E-state index in [-0.39, 0.29) is 12.4 Å². The van der Waals surface area contributed by atoms with Crippen LogP contribution < -0.4 is 0 Å². The molecule has 5 rings (SSSR count). The van der Waals surface area contributed by atoms with Crippen molar-refractivity contribution in [1.82, 2.24) is 19.4 Å². The lowest BCUT2D eigenvalue weighted by Crippen LogP contribution is -2.31. The maximum Gasteiger partial charge on any atom is 0.290 e. The molecule has 1 aliphatic rings. The zero-order valence-corrected chi connectivity index (χ0v) is 16.7. The molecule has 8 nitrogen and oxygen atoms in total. The summed E-state index contributed by atoms with van der Waals surface area (Å²) in [6, 6.07) is 10.6. The molecule has 31 heavy (non-hydrogen) atoms. The van der Waals surface area contributed by atoms with E-state index in [4.69, 9.17) is 4.42 Å². The number of rotatable bonds is 7. The average molecular weight is 418 g/mol. The van der Waals surface area contributed by atoms with Crippen LogP contribution in [-0.4, -0.2) is 42.1 Å². The Morgan fingerprint density at radius 1 is 1.16 bits per heavy atom. The Morgan fingerprint density at radius 3 is 2.81 bits per heavy atom. The second kappa shape index (κ2) is 7.81. The van der Waals surface area contributed by atoms with E-state index in [0.29, 0.717) is 36.6 Å². The number of imidazole rings is 1. The number of furan rings is 1. The fourth-order valence-corrected chi connectivity index (χ4v) is 4.22. The first-order valence-electron chi connectivity index (χ1n) is 10.1. The van der Waals surface area contributed by atoms with E-state index in [1.165, 1.54) is 0 Å². The zero-order valence-electron chi connectivity index (χ0n) is 16.7. The van der Waals surface area contributed by atoms with E-state index in [9.17, 15) is 15.0 Å². The Balaban J connectivity index is 1.53. The Morgan fingerprint density at radius 2 is 2.03 bits per heavy atom. The van der Waals surface area contributed by atoms with Gasteiger partial charge in [-0.3, -0.25) is 4.79 Å². The van der Waals surface area contributed by atoms with Gasteiger partial charge < -0.3 is 29.1 Å². The highest BCUT2D eigenvalue weighted by Gasteiger charge is 2.43. The number of para-hydroxylation sites is 1. The largest absolute Gasteiger partial charge is 0.503 e. The summed E-state index contributed by atoms with van der Waals surface area (Å²) in [5.74, 6) is 0.201. The number of fused-ring (bicyclic) bond motifs is 1. The molecule has 1 atom stereocenters. The van der Waals surface area contributed by atoms with Crippen molar-refractivity contribution in [3.8, 4) is 0 Å². The summed E-state index contributed by atoms with van der Waals surface area (Å²) < 4.78 is 7.77. The number of aromatic nitrogens is 3. The van der Waals surface area contributed by atoms with E-state index in [1.807, 2.05) is 35.0 Å². The Hall–Kier alpha value is -3.78. The molecule has 0 bridgehead atoms. The van der Waals surface area contributed by atoms with Gasteiger partial charge in [0.05, 0.1) is 6.33 Å². The zero-order chi connectivity index (χ0) is 21.4. The number of carbonyl (C=O) groups excluding carboxylic acids is 1. The van der Waals surface area contributed by atoms with Crippen LogP contribution in [0.1, 0.15) is 29.5 Å². The van der Waals surface area contributed by atoms with Crippen LogP contribution in [0.4, 0.5) is 0 Å². The molecule has 0 radical (unpaired) electrons. The third kappa shape index (κ3) is 3.30. The normalized spacial score (nSPS) is 16.7. The molecule has 0 saturated carbocycles. The lowest BCUT2D eigenvalue weighted by Gasteiger charge is -2.25. The first kappa shape index (κ1) is 19.2. The highest BCUT2D eigenvalue weighted by molar-refractivity contribution is 6.08. The highest BCUT2D eigenvalue weighted by atomic mass is 16.4. The molecule has 1 unspecified atom stereocenters. The van der Waals surface area contributed by atoms with Gasteiger partial charge in [0.1, 0.15) is 24.2 Å². The fourth-order valence-electron chi connectivity index (χ4n) is 4.22. The summed E-state index contributed by atoms with van der Waals surface area (Å²) >= 11 is 0. The molecule has 3 aromatic heterocycles. The molecule has 1 aromatic carbocycles. The van der Waals surface area contributed by atoms with Crippen molar-refractivity contribution >= 4 is 22.4 Å². The number of carbonyl (C=O) groups is 1.